The Morgan fingerprint density at radius 1 is 0.970 bits per heavy atom. The maximum absolute atomic E-state index is 12.9. The number of piperazine rings is 1. The van der Waals surface area contributed by atoms with Crippen LogP contribution in [0.15, 0.2) is 24.3 Å². The second-order valence-electron chi connectivity index (χ2n) is 9.63. The molecule has 0 aliphatic carbocycles. The second kappa shape index (κ2) is 10.0. The molecular weight excluding hydrogens is 442 g/mol. The monoisotopic (exact) mass is 477 g/mol. The van der Waals surface area contributed by atoms with Crippen LogP contribution >= 0.6 is 0 Å². The van der Waals surface area contributed by atoms with Gasteiger partial charge in [0.15, 0.2) is 16.4 Å². The summed E-state index contributed by atoms with van der Waals surface area (Å²) in [7, 11) is -2.90. The lowest BCUT2D eigenvalue weighted by Crippen LogP contribution is -2.52. The number of rotatable bonds is 5. The Morgan fingerprint density at radius 2 is 1.61 bits per heavy atom. The highest BCUT2D eigenvalue weighted by Crippen LogP contribution is 2.23. The van der Waals surface area contributed by atoms with Gasteiger partial charge in [-0.05, 0) is 63.8 Å². The van der Waals surface area contributed by atoms with Crippen LogP contribution < -0.4 is 4.74 Å². The molecule has 3 fully saturated rings. The maximum atomic E-state index is 12.9. The maximum Gasteiger partial charge on any atom is 0.260 e. The van der Waals surface area contributed by atoms with Crippen molar-refractivity contribution in [3.8, 4) is 5.75 Å². The van der Waals surface area contributed by atoms with Crippen molar-refractivity contribution < 1.29 is 22.7 Å². The van der Waals surface area contributed by atoms with Gasteiger partial charge in [0.05, 0.1) is 11.5 Å². The van der Waals surface area contributed by atoms with Gasteiger partial charge in [0, 0.05) is 49.9 Å². The number of amides is 2. The van der Waals surface area contributed by atoms with Gasteiger partial charge in [0.25, 0.3) is 11.8 Å². The van der Waals surface area contributed by atoms with Gasteiger partial charge in [-0.3, -0.25) is 14.5 Å². The smallest absolute Gasteiger partial charge is 0.260 e. The fourth-order valence-electron chi connectivity index (χ4n) is 5.36. The molecular formula is C24H35N3O5S. The van der Waals surface area contributed by atoms with E-state index in [9.17, 15) is 18.0 Å². The standard InChI is InChI=1S/C24H35N3O5S/c1-18-4-3-5-19(2)27(18)23(28)16-32-22-8-6-20(7-9-22)24(29)26-13-11-25(12-14-26)21-10-15-33(30,31)17-21/h6-9,18-19,21H,3-5,10-17H2,1-2H3. The molecule has 2 amide bonds. The number of nitrogens with zero attached hydrogens (tertiary/aromatic N) is 3. The van der Waals surface area contributed by atoms with Crippen molar-refractivity contribution in [3.63, 3.8) is 0 Å². The molecule has 1 aromatic rings. The van der Waals surface area contributed by atoms with E-state index in [-0.39, 0.29) is 48.1 Å². The summed E-state index contributed by atoms with van der Waals surface area (Å²) >= 11 is 0. The Morgan fingerprint density at radius 3 is 2.18 bits per heavy atom. The number of likely N-dealkylation sites (tertiary alicyclic amines) is 1. The van der Waals surface area contributed by atoms with Crippen LogP contribution in [0.25, 0.3) is 0 Å². The van der Waals surface area contributed by atoms with Crippen molar-refractivity contribution in [3.05, 3.63) is 29.8 Å². The molecule has 3 aliphatic heterocycles. The summed E-state index contributed by atoms with van der Waals surface area (Å²) in [5, 5.41) is 0. The van der Waals surface area contributed by atoms with Crippen molar-refractivity contribution in [2.24, 2.45) is 0 Å². The average molecular weight is 478 g/mol. The minimum atomic E-state index is -2.90. The lowest BCUT2D eigenvalue weighted by atomic mass is 9.97. The van der Waals surface area contributed by atoms with E-state index in [0.29, 0.717) is 43.9 Å². The van der Waals surface area contributed by atoms with Crippen molar-refractivity contribution in [1.29, 1.82) is 0 Å². The van der Waals surface area contributed by atoms with Gasteiger partial charge in [0.2, 0.25) is 0 Å². The molecule has 3 unspecified atom stereocenters. The van der Waals surface area contributed by atoms with Crippen molar-refractivity contribution in [1.82, 2.24) is 14.7 Å². The molecule has 0 bridgehead atoms. The topological polar surface area (TPSA) is 87.2 Å². The number of ether oxygens (including phenoxy) is 1. The molecule has 0 aromatic heterocycles. The van der Waals surface area contributed by atoms with Crippen LogP contribution in [0.3, 0.4) is 0 Å². The summed E-state index contributed by atoms with van der Waals surface area (Å²) in [5.74, 6) is 1.05. The lowest BCUT2D eigenvalue weighted by Gasteiger charge is -2.39. The van der Waals surface area contributed by atoms with E-state index < -0.39 is 9.84 Å². The normalized spacial score (nSPS) is 28.0. The summed E-state index contributed by atoms with van der Waals surface area (Å²) in [4.78, 5) is 31.5. The first-order valence-corrected chi connectivity index (χ1v) is 13.8. The van der Waals surface area contributed by atoms with Crippen LogP contribution in [-0.4, -0.2) is 97.3 Å². The predicted octanol–water partition coefficient (Wildman–Crippen LogP) is 1.80. The second-order valence-corrected chi connectivity index (χ2v) is 11.9. The van der Waals surface area contributed by atoms with E-state index in [0.717, 1.165) is 19.3 Å². The quantitative estimate of drug-likeness (QED) is 0.643. The number of carbonyl (C=O) groups is 2. The molecule has 0 saturated carbocycles. The van der Waals surface area contributed by atoms with Crippen molar-refractivity contribution >= 4 is 21.7 Å². The lowest BCUT2D eigenvalue weighted by molar-refractivity contribution is -0.139. The molecule has 3 aliphatic rings. The minimum Gasteiger partial charge on any atom is -0.484 e. The van der Waals surface area contributed by atoms with E-state index in [1.54, 1.807) is 24.3 Å². The zero-order chi connectivity index (χ0) is 23.6. The predicted molar refractivity (Wildman–Crippen MR) is 126 cm³/mol. The molecule has 3 heterocycles. The van der Waals surface area contributed by atoms with Gasteiger partial charge < -0.3 is 14.5 Å². The number of hydrogen-bond acceptors (Lipinski definition) is 6. The van der Waals surface area contributed by atoms with Gasteiger partial charge in [-0.15, -0.1) is 0 Å². The first-order valence-electron chi connectivity index (χ1n) is 12.0. The van der Waals surface area contributed by atoms with Crippen LogP contribution in [0.2, 0.25) is 0 Å². The Kier molecular flexibility index (Phi) is 7.28. The van der Waals surface area contributed by atoms with Crippen molar-refractivity contribution in [2.75, 3.05) is 44.3 Å². The fourth-order valence-corrected chi connectivity index (χ4v) is 7.12. The molecule has 0 spiro atoms. The zero-order valence-electron chi connectivity index (χ0n) is 19.6. The number of benzene rings is 1. The van der Waals surface area contributed by atoms with E-state index in [1.165, 1.54) is 0 Å². The summed E-state index contributed by atoms with van der Waals surface area (Å²) in [5.41, 5.74) is 0.587. The van der Waals surface area contributed by atoms with Gasteiger partial charge in [0.1, 0.15) is 5.75 Å². The Hall–Kier alpha value is -2.13. The Labute approximate surface area is 196 Å². The van der Waals surface area contributed by atoms with E-state index in [2.05, 4.69) is 18.7 Å². The minimum absolute atomic E-state index is 0.000813. The molecule has 4 rings (SSSR count). The molecule has 0 N–H and O–H groups in total. The highest BCUT2D eigenvalue weighted by molar-refractivity contribution is 7.91. The Bertz CT molecular complexity index is 947. The van der Waals surface area contributed by atoms with E-state index in [4.69, 9.17) is 4.74 Å². The fraction of sp³-hybridized carbons (Fsp3) is 0.667. The summed E-state index contributed by atoms with van der Waals surface area (Å²) < 4.78 is 29.2. The number of hydrogen-bond donors (Lipinski definition) is 0. The van der Waals surface area contributed by atoms with Gasteiger partial charge >= 0.3 is 0 Å². The number of carbonyl (C=O) groups excluding carboxylic acids is 2. The Balaban J connectivity index is 1.26. The van der Waals surface area contributed by atoms with Crippen LogP contribution in [0.5, 0.6) is 5.75 Å². The number of piperidine rings is 1. The van der Waals surface area contributed by atoms with Gasteiger partial charge in [-0.2, -0.15) is 0 Å². The first kappa shape index (κ1) is 24.0. The molecule has 3 atom stereocenters. The number of sulfone groups is 1. The largest absolute Gasteiger partial charge is 0.484 e. The third-order valence-corrected chi connectivity index (χ3v) is 9.02. The van der Waals surface area contributed by atoms with Crippen LogP contribution in [0.4, 0.5) is 0 Å². The van der Waals surface area contributed by atoms with E-state index in [1.807, 2.05) is 9.80 Å². The van der Waals surface area contributed by atoms with Gasteiger partial charge in [-0.1, -0.05) is 0 Å². The third-order valence-electron chi connectivity index (χ3n) is 7.27. The molecule has 8 nitrogen and oxygen atoms in total. The molecule has 9 heteroatoms. The molecule has 3 saturated heterocycles. The molecule has 0 radical (unpaired) electrons. The van der Waals surface area contributed by atoms with Crippen LogP contribution in [0, 0.1) is 0 Å². The average Bonchev–Trinajstić information content (AvgIpc) is 3.17. The summed E-state index contributed by atoms with van der Waals surface area (Å²) in [6.45, 7) is 6.75. The SMILES string of the molecule is CC1CCCC(C)N1C(=O)COc1ccc(C(=O)N2CCN(C3CCS(=O)(=O)C3)CC2)cc1. The molecule has 1 aromatic carbocycles. The highest BCUT2D eigenvalue weighted by Gasteiger charge is 2.34. The van der Waals surface area contributed by atoms with Crippen molar-refractivity contribution in [2.45, 2.75) is 57.7 Å². The first-order chi connectivity index (χ1) is 15.7. The van der Waals surface area contributed by atoms with Crippen LogP contribution in [0.1, 0.15) is 49.9 Å². The zero-order valence-corrected chi connectivity index (χ0v) is 20.4. The van der Waals surface area contributed by atoms with Gasteiger partial charge in [-0.25, -0.2) is 8.42 Å². The summed E-state index contributed by atoms with van der Waals surface area (Å²) in [6, 6.07) is 7.52. The third kappa shape index (κ3) is 5.69. The van der Waals surface area contributed by atoms with Crippen LogP contribution in [-0.2, 0) is 14.6 Å². The highest BCUT2D eigenvalue weighted by atomic mass is 32.2. The summed E-state index contributed by atoms with van der Waals surface area (Å²) in [6.07, 6.45) is 3.90. The molecule has 33 heavy (non-hydrogen) atoms. The van der Waals surface area contributed by atoms with E-state index >= 15 is 0 Å². The molecule has 182 valence electrons.